The third-order valence-electron chi connectivity index (χ3n) is 10.5. The number of β-lactam (4-membered cyclic amide) rings is 1. The quantitative estimate of drug-likeness (QED) is 0.124. The lowest BCUT2D eigenvalue weighted by atomic mass is 9.95. The average Bonchev–Trinajstić information content (AvgIpc) is 3.66. The summed E-state index contributed by atoms with van der Waals surface area (Å²) in [4.78, 5) is 82.8. The molecule has 3 aliphatic rings. The zero-order valence-corrected chi connectivity index (χ0v) is 31.9. The molecule has 1 saturated carbocycles. The van der Waals surface area contributed by atoms with Gasteiger partial charge in [-0.05, 0) is 62.2 Å². The summed E-state index contributed by atoms with van der Waals surface area (Å²) in [7, 11) is -1.82. The molecule has 0 radical (unpaired) electrons. The number of esters is 4. The molecule has 4 aromatic rings. The van der Waals surface area contributed by atoms with Gasteiger partial charge in [0.15, 0.2) is 6.10 Å². The van der Waals surface area contributed by atoms with Crippen LogP contribution in [0.2, 0.25) is 0 Å². The lowest BCUT2D eigenvalue weighted by Crippen LogP contribution is -2.72. The monoisotopic (exact) mass is 792 g/mol. The number of hydrogen-bond donors (Lipinski definition) is 1. The highest BCUT2D eigenvalue weighted by Gasteiger charge is 2.69. The fourth-order valence-electron chi connectivity index (χ4n) is 7.54. The molecule has 4 aromatic carbocycles. The van der Waals surface area contributed by atoms with Gasteiger partial charge in [-0.15, -0.1) is 0 Å². The molecule has 0 spiro atoms. The third kappa shape index (κ3) is 7.95. The Labute approximate surface area is 331 Å². The van der Waals surface area contributed by atoms with Crippen LogP contribution >= 0.6 is 0 Å². The minimum Gasteiger partial charge on any atom is -0.462 e. The fourth-order valence-corrected chi connectivity index (χ4v) is 9.45. The van der Waals surface area contributed by atoms with E-state index in [0.717, 1.165) is 5.56 Å². The molecule has 13 nitrogen and oxygen atoms in total. The van der Waals surface area contributed by atoms with E-state index in [9.17, 15) is 33.0 Å². The van der Waals surface area contributed by atoms with Crippen LogP contribution in [0.4, 0.5) is 0 Å². The highest BCUT2D eigenvalue weighted by molar-refractivity contribution is 7.87. The molecule has 57 heavy (non-hydrogen) atoms. The first-order chi connectivity index (χ1) is 27.5. The van der Waals surface area contributed by atoms with Crippen molar-refractivity contribution < 1.29 is 51.9 Å². The molecular weight excluding hydrogens is 753 g/mol. The number of carbonyl (C=O) groups is 6. The Balaban J connectivity index is 1.14. The van der Waals surface area contributed by atoms with Gasteiger partial charge < -0.3 is 29.2 Å². The molecular formula is C43H40N2O11S. The first-order valence-electron chi connectivity index (χ1n) is 18.4. The van der Waals surface area contributed by atoms with E-state index in [1.165, 1.54) is 17.0 Å². The van der Waals surface area contributed by atoms with Gasteiger partial charge in [-0.25, -0.2) is 19.2 Å². The molecule has 14 heteroatoms. The SMILES string of the molecule is CC1(C)[C@H](C(=O)OCc2ccccc2)N2C(=O)[C@@H](NC(=O)[C@H]3C[C@@H](COC(=O)c4ccccc4)[C@H](OC(=O)c4ccccc4)[C@@H]3OC(=O)c3ccccc3)[C@H]2[S@]1=O. The van der Waals surface area contributed by atoms with Crippen molar-refractivity contribution in [2.24, 2.45) is 11.8 Å². The minimum atomic E-state index is -1.82. The van der Waals surface area contributed by atoms with Gasteiger partial charge in [-0.3, -0.25) is 13.8 Å². The second kappa shape index (κ2) is 16.5. The molecule has 2 amide bonds. The predicted octanol–water partition coefficient (Wildman–Crippen LogP) is 4.24. The standard InChI is InChI=1S/C43H40N2O11S/c1-43(2)35(42(51)53-24-26-15-7-3-8-16-26)45-37(47)32(38(45)57(43)52)44-36(46)31-23-30(25-54-39(48)27-17-9-4-10-18-27)33(55-40(49)28-19-11-5-12-20-28)34(31)56-41(50)29-21-13-6-14-22-29/h3-22,30-35,38H,23-25H2,1-2H3,(H,44,46)/t30-,31-,32+,33-,34+,35-,38+,57+/m0/s1. The number of fused-ring (bicyclic) bond motifs is 1. The molecule has 0 bridgehead atoms. The zero-order chi connectivity index (χ0) is 40.3. The van der Waals surface area contributed by atoms with E-state index in [1.807, 2.05) is 6.07 Å². The molecule has 2 aliphatic heterocycles. The van der Waals surface area contributed by atoms with Gasteiger partial charge in [-0.2, -0.15) is 0 Å². The maximum absolute atomic E-state index is 14.3. The highest BCUT2D eigenvalue weighted by Crippen LogP contribution is 2.45. The lowest BCUT2D eigenvalue weighted by molar-refractivity contribution is -0.165. The summed E-state index contributed by atoms with van der Waals surface area (Å²) in [5, 5.41) is 1.66. The van der Waals surface area contributed by atoms with Gasteiger partial charge >= 0.3 is 23.9 Å². The number of amides is 2. The van der Waals surface area contributed by atoms with Gasteiger partial charge in [0.25, 0.3) is 0 Å². The molecule has 1 aliphatic carbocycles. The smallest absolute Gasteiger partial charge is 0.338 e. The maximum Gasteiger partial charge on any atom is 0.338 e. The summed E-state index contributed by atoms with van der Waals surface area (Å²) in [5.41, 5.74) is 1.38. The van der Waals surface area contributed by atoms with Gasteiger partial charge in [-0.1, -0.05) is 84.9 Å². The molecule has 2 saturated heterocycles. The van der Waals surface area contributed by atoms with Crippen LogP contribution in [0.1, 0.15) is 56.9 Å². The number of nitrogens with one attached hydrogen (secondary N) is 1. The van der Waals surface area contributed by atoms with Crippen LogP contribution < -0.4 is 5.32 Å². The molecule has 294 valence electrons. The zero-order valence-electron chi connectivity index (χ0n) is 31.1. The molecule has 2 heterocycles. The highest BCUT2D eigenvalue weighted by atomic mass is 32.2. The second-order valence-corrected chi connectivity index (χ2v) is 16.7. The summed E-state index contributed by atoms with van der Waals surface area (Å²) >= 11 is 0. The Morgan fingerprint density at radius 2 is 1.19 bits per heavy atom. The third-order valence-corrected chi connectivity index (χ3v) is 12.7. The van der Waals surface area contributed by atoms with Crippen LogP contribution in [-0.4, -0.2) is 85.8 Å². The summed E-state index contributed by atoms with van der Waals surface area (Å²) in [6.45, 7) is 2.85. The normalized spacial score (nSPS) is 25.6. The maximum atomic E-state index is 14.3. The van der Waals surface area contributed by atoms with Gasteiger partial charge in [0.1, 0.15) is 30.2 Å². The molecule has 7 rings (SSSR count). The predicted molar refractivity (Wildman–Crippen MR) is 204 cm³/mol. The van der Waals surface area contributed by atoms with Crippen LogP contribution in [0.3, 0.4) is 0 Å². The van der Waals surface area contributed by atoms with Crippen LogP contribution in [0.25, 0.3) is 0 Å². The van der Waals surface area contributed by atoms with Crippen molar-refractivity contribution in [3.05, 3.63) is 144 Å². The van der Waals surface area contributed by atoms with E-state index in [2.05, 4.69) is 5.32 Å². The summed E-state index contributed by atoms with van der Waals surface area (Å²) in [6.07, 6.45) is -2.77. The van der Waals surface area contributed by atoms with E-state index in [-0.39, 0.29) is 36.3 Å². The first kappa shape index (κ1) is 39.1. The van der Waals surface area contributed by atoms with Crippen molar-refractivity contribution in [2.45, 2.75) is 61.3 Å². The average molecular weight is 793 g/mol. The number of ether oxygens (including phenoxy) is 4. The Morgan fingerprint density at radius 3 is 1.74 bits per heavy atom. The van der Waals surface area contributed by atoms with E-state index in [1.54, 1.807) is 117 Å². The Kier molecular flexibility index (Phi) is 11.3. The number of carbonyl (C=O) groups excluding carboxylic acids is 6. The van der Waals surface area contributed by atoms with Gasteiger partial charge in [0.2, 0.25) is 11.8 Å². The summed E-state index contributed by atoms with van der Waals surface area (Å²) in [5.74, 6) is -6.39. The van der Waals surface area contributed by atoms with Crippen molar-refractivity contribution in [3.63, 3.8) is 0 Å². The van der Waals surface area contributed by atoms with Gasteiger partial charge in [0, 0.05) is 5.92 Å². The van der Waals surface area contributed by atoms with Gasteiger partial charge in [0.05, 0.1) is 44.8 Å². The van der Waals surface area contributed by atoms with Crippen molar-refractivity contribution in [1.82, 2.24) is 10.2 Å². The van der Waals surface area contributed by atoms with Crippen molar-refractivity contribution >= 4 is 46.5 Å². The number of nitrogens with zero attached hydrogens (tertiary/aromatic N) is 1. The Bertz CT molecular complexity index is 2170. The first-order valence-corrected chi connectivity index (χ1v) is 19.6. The number of hydrogen-bond acceptors (Lipinski definition) is 11. The summed E-state index contributed by atoms with van der Waals surface area (Å²) < 4.78 is 35.9. The van der Waals surface area contributed by atoms with Crippen molar-refractivity contribution in [2.75, 3.05) is 6.61 Å². The number of rotatable bonds is 12. The van der Waals surface area contributed by atoms with Crippen LogP contribution in [0.15, 0.2) is 121 Å². The second-order valence-electron chi connectivity index (χ2n) is 14.6. The summed E-state index contributed by atoms with van der Waals surface area (Å²) in [6, 6.07) is 30.9. The van der Waals surface area contributed by atoms with E-state index in [4.69, 9.17) is 18.9 Å². The molecule has 8 atom stereocenters. The molecule has 1 N–H and O–H groups in total. The van der Waals surface area contributed by atoms with E-state index < -0.39 is 92.7 Å². The molecule has 0 unspecified atom stereocenters. The van der Waals surface area contributed by atoms with Crippen LogP contribution in [-0.2, 0) is 50.7 Å². The van der Waals surface area contributed by atoms with E-state index in [0.29, 0.717) is 0 Å². The molecule has 0 aromatic heterocycles. The number of benzene rings is 4. The lowest BCUT2D eigenvalue weighted by Gasteiger charge is -2.43. The largest absolute Gasteiger partial charge is 0.462 e. The molecule has 3 fully saturated rings. The van der Waals surface area contributed by atoms with E-state index >= 15 is 0 Å². The fraction of sp³-hybridized carbons (Fsp3) is 0.302. The minimum absolute atomic E-state index is 0.0473. The topological polar surface area (TPSA) is 172 Å². The Morgan fingerprint density at radius 1 is 0.702 bits per heavy atom. The van der Waals surface area contributed by atoms with Crippen LogP contribution in [0.5, 0.6) is 0 Å². The van der Waals surface area contributed by atoms with Crippen molar-refractivity contribution in [3.8, 4) is 0 Å². The van der Waals surface area contributed by atoms with Crippen molar-refractivity contribution in [1.29, 1.82) is 0 Å². The Hall–Kier alpha value is -6.15. The van der Waals surface area contributed by atoms with Crippen LogP contribution in [0, 0.1) is 11.8 Å².